The van der Waals surface area contributed by atoms with E-state index in [1.165, 1.54) is 18.2 Å². The predicted octanol–water partition coefficient (Wildman–Crippen LogP) is 1.08. The molecule has 0 saturated carbocycles. The molecule has 4 rings (SSSR count). The van der Waals surface area contributed by atoms with Gasteiger partial charge in [-0.25, -0.2) is 0 Å². The van der Waals surface area contributed by atoms with Crippen LogP contribution in [0.3, 0.4) is 0 Å². The topological polar surface area (TPSA) is 146 Å². The zero-order valence-corrected chi connectivity index (χ0v) is 19.3. The van der Waals surface area contributed by atoms with Gasteiger partial charge in [-0.15, -0.1) is 13.2 Å². The van der Waals surface area contributed by atoms with Crippen molar-refractivity contribution in [3.63, 3.8) is 0 Å². The molecule has 1 spiro atoms. The molecule has 2 saturated heterocycles. The number of morpholine rings is 1. The normalized spacial score (nSPS) is 21.5. The summed E-state index contributed by atoms with van der Waals surface area (Å²) in [7, 11) is 0. The van der Waals surface area contributed by atoms with Crippen LogP contribution in [0.5, 0.6) is 5.75 Å². The highest BCUT2D eigenvalue weighted by Gasteiger charge is 2.44. The molecule has 36 heavy (non-hydrogen) atoms. The molecular formula is C22H27F3N6O5. The summed E-state index contributed by atoms with van der Waals surface area (Å²) in [6, 6.07) is 6.54. The van der Waals surface area contributed by atoms with Gasteiger partial charge >= 0.3 is 6.36 Å². The van der Waals surface area contributed by atoms with E-state index in [1.54, 1.807) is 12.1 Å². The quantitative estimate of drug-likeness (QED) is 0.411. The number of benzene rings is 1. The molecule has 196 valence electrons. The Morgan fingerprint density at radius 3 is 2.67 bits per heavy atom. The fourth-order valence-corrected chi connectivity index (χ4v) is 4.59. The van der Waals surface area contributed by atoms with Gasteiger partial charge in [-0.1, -0.05) is 0 Å². The number of aliphatic hydroxyl groups excluding tert-OH is 1. The van der Waals surface area contributed by atoms with E-state index in [4.69, 9.17) is 10.5 Å². The van der Waals surface area contributed by atoms with E-state index in [0.29, 0.717) is 39.2 Å². The molecule has 0 aliphatic carbocycles. The average molecular weight is 512 g/mol. The van der Waals surface area contributed by atoms with Crippen LogP contribution in [0.2, 0.25) is 0 Å². The summed E-state index contributed by atoms with van der Waals surface area (Å²) >= 11 is 0. The smallest absolute Gasteiger partial charge is 0.406 e. The third kappa shape index (κ3) is 6.25. The minimum absolute atomic E-state index is 0.00424. The van der Waals surface area contributed by atoms with Gasteiger partial charge in [-0.2, -0.15) is 5.10 Å². The Bertz CT molecular complexity index is 1080. The van der Waals surface area contributed by atoms with E-state index in [0.717, 1.165) is 5.69 Å². The summed E-state index contributed by atoms with van der Waals surface area (Å²) in [6.45, 7) is 2.31. The molecule has 1 aromatic carbocycles. The number of hydrogen-bond donors (Lipinski definition) is 4. The molecule has 5 N–H and O–H groups in total. The van der Waals surface area contributed by atoms with Gasteiger partial charge < -0.3 is 30.5 Å². The number of primary amides is 1. The van der Waals surface area contributed by atoms with Crippen molar-refractivity contribution in [3.05, 3.63) is 36.0 Å². The first-order valence-corrected chi connectivity index (χ1v) is 11.3. The van der Waals surface area contributed by atoms with Crippen molar-refractivity contribution in [3.8, 4) is 5.75 Å². The van der Waals surface area contributed by atoms with Crippen LogP contribution >= 0.6 is 0 Å². The Kier molecular flexibility index (Phi) is 7.38. The van der Waals surface area contributed by atoms with Crippen LogP contribution in [0.4, 0.5) is 24.7 Å². The van der Waals surface area contributed by atoms with Crippen molar-refractivity contribution in [2.75, 3.05) is 49.6 Å². The summed E-state index contributed by atoms with van der Waals surface area (Å²) in [4.78, 5) is 27.7. The molecule has 2 atom stereocenters. The molecule has 0 bridgehead atoms. The summed E-state index contributed by atoms with van der Waals surface area (Å²) in [5.74, 6) is -1.22. The lowest BCUT2D eigenvalue weighted by Crippen LogP contribution is -2.57. The van der Waals surface area contributed by atoms with E-state index in [2.05, 4.69) is 20.3 Å². The summed E-state index contributed by atoms with van der Waals surface area (Å²) in [6.07, 6.45) is -4.07. The largest absolute Gasteiger partial charge is 0.573 e. The number of hydrogen-bond acceptors (Lipinski definition) is 8. The van der Waals surface area contributed by atoms with Gasteiger partial charge in [-0.05, 0) is 30.7 Å². The van der Waals surface area contributed by atoms with Crippen LogP contribution in [0.25, 0.3) is 0 Å². The number of nitrogens with zero attached hydrogens (tertiary/aromatic N) is 3. The number of anilines is 2. The maximum atomic E-state index is 12.5. The Balaban J connectivity index is 1.34. The standard InChI is InChI=1S/C22H27F3N6O5/c23-22(24,25)36-16-3-1-14(2-4-16)30-6-5-21(12-30)13-31(7-8-35-21)15(11-32)9-19(33)27-18-10-17(20(26)34)28-29-18/h1-4,10,15,32H,5-9,11-13H2,(H2,26,34)(H2,27,28,29,33). The second kappa shape index (κ2) is 10.3. The second-order valence-corrected chi connectivity index (χ2v) is 8.84. The Morgan fingerprint density at radius 2 is 2.03 bits per heavy atom. The number of amides is 2. The highest BCUT2D eigenvalue weighted by atomic mass is 19.4. The van der Waals surface area contributed by atoms with Crippen molar-refractivity contribution in [2.45, 2.75) is 30.8 Å². The lowest BCUT2D eigenvalue weighted by Gasteiger charge is -2.43. The zero-order valence-electron chi connectivity index (χ0n) is 19.3. The summed E-state index contributed by atoms with van der Waals surface area (Å²) in [5.41, 5.74) is 5.43. The molecule has 2 aliphatic heterocycles. The van der Waals surface area contributed by atoms with Gasteiger partial charge in [0.05, 0.1) is 18.8 Å². The van der Waals surface area contributed by atoms with Crippen LogP contribution in [0.15, 0.2) is 30.3 Å². The molecule has 2 unspecified atom stereocenters. The molecule has 1 aromatic heterocycles. The van der Waals surface area contributed by atoms with Crippen LogP contribution in [-0.2, 0) is 9.53 Å². The Labute approximate surface area is 204 Å². The number of ether oxygens (including phenoxy) is 2. The summed E-state index contributed by atoms with van der Waals surface area (Å²) in [5, 5.41) is 18.8. The molecule has 2 aliphatic rings. The van der Waals surface area contributed by atoms with Crippen LogP contribution in [0.1, 0.15) is 23.3 Å². The zero-order chi connectivity index (χ0) is 25.9. The number of carbonyl (C=O) groups excluding carboxylic acids is 2. The number of alkyl halides is 3. The third-order valence-corrected chi connectivity index (χ3v) is 6.29. The molecule has 14 heteroatoms. The Hall–Kier alpha value is -3.36. The highest BCUT2D eigenvalue weighted by molar-refractivity contribution is 5.94. The number of nitrogens with one attached hydrogen (secondary N) is 2. The monoisotopic (exact) mass is 512 g/mol. The van der Waals surface area contributed by atoms with Crippen molar-refractivity contribution >= 4 is 23.3 Å². The number of rotatable bonds is 8. The van der Waals surface area contributed by atoms with Gasteiger partial charge in [0.15, 0.2) is 5.82 Å². The highest BCUT2D eigenvalue weighted by Crippen LogP contribution is 2.34. The first-order valence-electron chi connectivity index (χ1n) is 11.3. The van der Waals surface area contributed by atoms with Gasteiger partial charge in [0, 0.05) is 50.4 Å². The minimum Gasteiger partial charge on any atom is -0.406 e. The Morgan fingerprint density at radius 1 is 1.28 bits per heavy atom. The fraction of sp³-hybridized carbons (Fsp3) is 0.500. The number of aromatic nitrogens is 2. The number of aromatic amines is 1. The van der Waals surface area contributed by atoms with Gasteiger partial charge in [0.25, 0.3) is 5.91 Å². The first-order chi connectivity index (χ1) is 17.1. The third-order valence-electron chi connectivity index (χ3n) is 6.29. The number of aliphatic hydroxyl groups is 1. The lowest BCUT2D eigenvalue weighted by molar-refractivity contribution is -0.274. The van der Waals surface area contributed by atoms with Gasteiger partial charge in [-0.3, -0.25) is 19.6 Å². The molecule has 11 nitrogen and oxygen atoms in total. The van der Waals surface area contributed by atoms with Crippen molar-refractivity contribution in [1.29, 1.82) is 0 Å². The predicted molar refractivity (Wildman–Crippen MR) is 121 cm³/mol. The molecule has 3 heterocycles. The van der Waals surface area contributed by atoms with E-state index < -0.39 is 23.9 Å². The van der Waals surface area contributed by atoms with Crippen molar-refractivity contribution in [1.82, 2.24) is 15.1 Å². The van der Waals surface area contributed by atoms with Gasteiger partial charge in [0.1, 0.15) is 11.4 Å². The van der Waals surface area contributed by atoms with E-state index >= 15 is 0 Å². The summed E-state index contributed by atoms with van der Waals surface area (Å²) < 4.78 is 47.3. The fourth-order valence-electron chi connectivity index (χ4n) is 4.59. The van der Waals surface area contributed by atoms with E-state index in [1.807, 2.05) is 9.80 Å². The number of carbonyl (C=O) groups is 2. The first kappa shape index (κ1) is 25.7. The van der Waals surface area contributed by atoms with E-state index in [9.17, 15) is 27.9 Å². The molecule has 2 amide bonds. The SMILES string of the molecule is NC(=O)c1cc(NC(=O)CC(CO)N2CCOC3(CCN(c4ccc(OC(F)(F)F)cc4)C3)C2)n[nH]1. The molecule has 2 aromatic rings. The van der Waals surface area contributed by atoms with Crippen LogP contribution < -0.4 is 20.7 Å². The molecule has 0 radical (unpaired) electrons. The van der Waals surface area contributed by atoms with Crippen molar-refractivity contribution in [2.24, 2.45) is 5.73 Å². The average Bonchev–Trinajstić information content (AvgIpc) is 3.45. The van der Waals surface area contributed by atoms with Crippen LogP contribution in [-0.4, -0.2) is 89.4 Å². The lowest BCUT2D eigenvalue weighted by atomic mass is 9.98. The van der Waals surface area contributed by atoms with Crippen molar-refractivity contribution < 1.29 is 37.3 Å². The minimum atomic E-state index is -4.75. The number of H-pyrrole nitrogens is 1. The maximum absolute atomic E-state index is 12.5. The van der Waals surface area contributed by atoms with Crippen LogP contribution in [0, 0.1) is 0 Å². The second-order valence-electron chi connectivity index (χ2n) is 8.84. The van der Waals surface area contributed by atoms with Gasteiger partial charge in [0.2, 0.25) is 5.91 Å². The number of halogens is 3. The van der Waals surface area contributed by atoms with E-state index in [-0.39, 0.29) is 36.2 Å². The molecule has 2 fully saturated rings. The maximum Gasteiger partial charge on any atom is 0.573 e. The number of nitrogens with two attached hydrogens (primary N) is 1. The molecular weight excluding hydrogens is 485 g/mol.